The van der Waals surface area contributed by atoms with Crippen LogP contribution >= 0.6 is 24.0 Å². The van der Waals surface area contributed by atoms with E-state index in [-0.39, 0.29) is 29.7 Å². The molecule has 0 bridgehead atoms. The van der Waals surface area contributed by atoms with Gasteiger partial charge in [0.15, 0.2) is 5.96 Å². The van der Waals surface area contributed by atoms with Crippen LogP contribution in [0, 0.1) is 0 Å². The largest absolute Gasteiger partial charge is 0.508 e. The number of hydrogen-bond donors (Lipinski definition) is 3. The molecular weight excluding hydrogens is 429 g/mol. The molecular formula is C19H26IN3O2. The Morgan fingerprint density at radius 2 is 1.88 bits per heavy atom. The molecule has 0 unspecified atom stereocenters. The fraction of sp³-hybridized carbons (Fsp3) is 0.316. The highest BCUT2D eigenvalue weighted by atomic mass is 127. The molecule has 2 rings (SSSR count). The lowest BCUT2D eigenvalue weighted by atomic mass is 10.1. The van der Waals surface area contributed by atoms with Crippen LogP contribution in [-0.2, 0) is 13.0 Å². The number of nitrogens with zero attached hydrogens (tertiary/aromatic N) is 1. The number of halogens is 1. The fourth-order valence-electron chi connectivity index (χ4n) is 2.37. The van der Waals surface area contributed by atoms with Gasteiger partial charge in [-0.25, -0.2) is 0 Å². The Morgan fingerprint density at radius 1 is 1.12 bits per heavy atom. The molecule has 0 heterocycles. The highest BCUT2D eigenvalue weighted by molar-refractivity contribution is 14.0. The quantitative estimate of drug-likeness (QED) is 0.260. The minimum atomic E-state index is 0. The summed E-state index contributed by atoms with van der Waals surface area (Å²) in [5, 5.41) is 16.4. The second-order valence-corrected chi connectivity index (χ2v) is 5.44. The lowest BCUT2D eigenvalue weighted by Gasteiger charge is -2.13. The number of phenols is 1. The Hall–Kier alpha value is -1.96. The number of phenolic OH excluding ortho intramolecular Hbond substituents is 1. The van der Waals surface area contributed by atoms with Crippen molar-refractivity contribution in [3.8, 4) is 11.5 Å². The molecule has 3 N–H and O–H groups in total. The van der Waals surface area contributed by atoms with E-state index in [1.54, 1.807) is 26.3 Å². The van der Waals surface area contributed by atoms with Gasteiger partial charge in [-0.05, 0) is 36.6 Å². The predicted molar refractivity (Wildman–Crippen MR) is 113 cm³/mol. The van der Waals surface area contributed by atoms with Crippen LogP contribution in [0.2, 0.25) is 0 Å². The van der Waals surface area contributed by atoms with E-state index < -0.39 is 0 Å². The molecule has 0 amide bonds. The van der Waals surface area contributed by atoms with Crippen LogP contribution in [0.15, 0.2) is 53.5 Å². The van der Waals surface area contributed by atoms with Crippen LogP contribution in [-0.4, -0.2) is 31.8 Å². The zero-order valence-electron chi connectivity index (χ0n) is 14.7. The summed E-state index contributed by atoms with van der Waals surface area (Å²) in [5.74, 6) is 1.67. The van der Waals surface area contributed by atoms with E-state index in [4.69, 9.17) is 4.74 Å². The van der Waals surface area contributed by atoms with Crippen molar-refractivity contribution in [2.75, 3.05) is 20.7 Å². The number of nitrogens with one attached hydrogen (secondary N) is 2. The number of aliphatic imine (C=N–C) groups is 1. The number of aromatic hydroxyl groups is 1. The van der Waals surface area contributed by atoms with Crippen LogP contribution in [0.3, 0.4) is 0 Å². The third-order valence-corrected chi connectivity index (χ3v) is 3.73. The molecule has 0 fully saturated rings. The average Bonchev–Trinajstić information content (AvgIpc) is 2.63. The van der Waals surface area contributed by atoms with Gasteiger partial charge >= 0.3 is 0 Å². The molecule has 0 saturated heterocycles. The maximum absolute atomic E-state index is 9.90. The Morgan fingerprint density at radius 3 is 2.56 bits per heavy atom. The highest BCUT2D eigenvalue weighted by Gasteiger charge is 2.05. The summed E-state index contributed by atoms with van der Waals surface area (Å²) >= 11 is 0. The number of aryl methyl sites for hydroxylation is 1. The smallest absolute Gasteiger partial charge is 0.191 e. The van der Waals surface area contributed by atoms with Crippen LogP contribution < -0.4 is 15.4 Å². The summed E-state index contributed by atoms with van der Waals surface area (Å²) in [4.78, 5) is 4.20. The molecule has 2 aromatic rings. The van der Waals surface area contributed by atoms with Gasteiger partial charge in [-0.2, -0.15) is 0 Å². The van der Waals surface area contributed by atoms with Gasteiger partial charge in [-0.15, -0.1) is 24.0 Å². The molecule has 0 aliphatic heterocycles. The van der Waals surface area contributed by atoms with E-state index >= 15 is 0 Å². The molecule has 0 saturated carbocycles. The summed E-state index contributed by atoms with van der Waals surface area (Å²) in [6.07, 6.45) is 2.05. The zero-order valence-corrected chi connectivity index (χ0v) is 17.0. The molecule has 6 heteroatoms. The Balaban J connectivity index is 0.00000312. The summed E-state index contributed by atoms with van der Waals surface area (Å²) in [6.45, 7) is 1.31. The van der Waals surface area contributed by atoms with E-state index in [1.807, 2.05) is 12.1 Å². The number of methoxy groups -OCH3 is 1. The molecule has 0 radical (unpaired) electrons. The second kappa shape index (κ2) is 11.6. The van der Waals surface area contributed by atoms with Crippen molar-refractivity contribution in [1.82, 2.24) is 10.6 Å². The monoisotopic (exact) mass is 455 g/mol. The van der Waals surface area contributed by atoms with E-state index in [2.05, 4.69) is 39.9 Å². The molecule has 25 heavy (non-hydrogen) atoms. The molecule has 136 valence electrons. The van der Waals surface area contributed by atoms with Gasteiger partial charge in [0.05, 0.1) is 7.11 Å². The van der Waals surface area contributed by atoms with Gasteiger partial charge in [0.1, 0.15) is 11.5 Å². The highest BCUT2D eigenvalue weighted by Crippen LogP contribution is 2.22. The summed E-state index contributed by atoms with van der Waals surface area (Å²) < 4.78 is 5.18. The standard InChI is InChI=1S/C19H25N3O2.HI/c1-20-19(21-12-6-9-15-7-4-3-5-8-15)22-14-16-13-17(24-2)10-11-18(16)23;/h3-5,7-8,10-11,13,23H,6,9,12,14H2,1-2H3,(H2,20,21,22);1H. The maximum atomic E-state index is 9.90. The fourth-order valence-corrected chi connectivity index (χ4v) is 2.37. The van der Waals surface area contributed by atoms with Gasteiger partial charge in [-0.3, -0.25) is 4.99 Å². The van der Waals surface area contributed by atoms with Crippen molar-refractivity contribution in [2.45, 2.75) is 19.4 Å². The van der Waals surface area contributed by atoms with Gasteiger partial charge in [0.2, 0.25) is 0 Å². The van der Waals surface area contributed by atoms with Gasteiger partial charge < -0.3 is 20.5 Å². The van der Waals surface area contributed by atoms with Gasteiger partial charge in [0, 0.05) is 25.7 Å². The first-order valence-electron chi connectivity index (χ1n) is 8.07. The van der Waals surface area contributed by atoms with Crippen LogP contribution in [0.5, 0.6) is 11.5 Å². The van der Waals surface area contributed by atoms with Gasteiger partial charge in [-0.1, -0.05) is 30.3 Å². The summed E-state index contributed by atoms with van der Waals surface area (Å²) in [5.41, 5.74) is 2.10. The number of rotatable bonds is 7. The zero-order chi connectivity index (χ0) is 17.2. The van der Waals surface area contributed by atoms with Crippen molar-refractivity contribution in [1.29, 1.82) is 0 Å². The minimum Gasteiger partial charge on any atom is -0.508 e. The van der Waals surface area contributed by atoms with Crippen LogP contribution in [0.1, 0.15) is 17.5 Å². The maximum Gasteiger partial charge on any atom is 0.191 e. The first-order chi connectivity index (χ1) is 11.7. The molecule has 0 atom stereocenters. The normalized spacial score (nSPS) is 10.7. The number of guanidine groups is 1. The van der Waals surface area contributed by atoms with Crippen molar-refractivity contribution >= 4 is 29.9 Å². The topological polar surface area (TPSA) is 65.9 Å². The van der Waals surface area contributed by atoms with E-state index in [9.17, 15) is 5.11 Å². The molecule has 0 aromatic heterocycles. The first-order valence-corrected chi connectivity index (χ1v) is 8.07. The van der Waals surface area contributed by atoms with Crippen LogP contribution in [0.4, 0.5) is 0 Å². The molecule has 2 aromatic carbocycles. The van der Waals surface area contributed by atoms with Crippen molar-refractivity contribution in [3.63, 3.8) is 0 Å². The second-order valence-electron chi connectivity index (χ2n) is 5.44. The molecule has 0 spiro atoms. The van der Waals surface area contributed by atoms with Crippen molar-refractivity contribution < 1.29 is 9.84 Å². The Kier molecular flexibility index (Phi) is 9.76. The van der Waals surface area contributed by atoms with Crippen LogP contribution in [0.25, 0.3) is 0 Å². The van der Waals surface area contributed by atoms with Crippen molar-refractivity contribution in [3.05, 3.63) is 59.7 Å². The number of ether oxygens (including phenoxy) is 1. The lowest BCUT2D eigenvalue weighted by Crippen LogP contribution is -2.37. The molecule has 0 aliphatic carbocycles. The number of hydrogen-bond acceptors (Lipinski definition) is 3. The summed E-state index contributed by atoms with van der Waals surface area (Å²) in [6, 6.07) is 15.6. The third kappa shape index (κ3) is 7.21. The first kappa shape index (κ1) is 21.1. The Bertz CT molecular complexity index is 663. The molecule has 0 aliphatic rings. The SMILES string of the molecule is CN=C(NCCCc1ccccc1)NCc1cc(OC)ccc1O.I. The minimum absolute atomic E-state index is 0. The number of benzene rings is 2. The van der Waals surface area contributed by atoms with E-state index in [1.165, 1.54) is 5.56 Å². The predicted octanol–water partition coefficient (Wildman–Crippen LogP) is 3.32. The summed E-state index contributed by atoms with van der Waals surface area (Å²) in [7, 11) is 3.34. The molecule has 5 nitrogen and oxygen atoms in total. The van der Waals surface area contributed by atoms with E-state index in [0.29, 0.717) is 12.5 Å². The van der Waals surface area contributed by atoms with Gasteiger partial charge in [0.25, 0.3) is 0 Å². The lowest BCUT2D eigenvalue weighted by molar-refractivity contribution is 0.410. The van der Waals surface area contributed by atoms with Crippen molar-refractivity contribution in [2.24, 2.45) is 4.99 Å². The third-order valence-electron chi connectivity index (χ3n) is 3.73. The average molecular weight is 455 g/mol. The Labute approximate surface area is 166 Å². The van der Waals surface area contributed by atoms with E-state index in [0.717, 1.165) is 30.7 Å².